The SMILES string of the molecule is CCCCCCCCCCCC1OC2(c3ccc(OC)cc3)OC(=N)C(C#N)(C2C)C1(C#N)C#N. The molecule has 2 aliphatic rings. The zero-order valence-electron chi connectivity index (χ0n) is 21.1. The lowest BCUT2D eigenvalue weighted by molar-refractivity contribution is -0.286. The molecule has 2 heterocycles. The fourth-order valence-electron chi connectivity index (χ4n) is 5.70. The summed E-state index contributed by atoms with van der Waals surface area (Å²) in [4.78, 5) is 0. The summed E-state index contributed by atoms with van der Waals surface area (Å²) in [7, 11) is 1.57. The van der Waals surface area contributed by atoms with E-state index in [1.807, 2.05) is 0 Å². The molecule has 2 aliphatic heterocycles. The standard InChI is InChI=1S/C28H36N4O3/c1-4-5-6-7-8-9-10-11-12-13-24-26(18-29,19-30)27(20-31)21(2)28(34-24,35-25(27)32)22-14-16-23(33-3)17-15-22/h14-17,21,24,32H,4-13H2,1-3H3. The Bertz CT molecular complexity index is 1000. The van der Waals surface area contributed by atoms with Gasteiger partial charge in [-0.3, -0.25) is 5.41 Å². The summed E-state index contributed by atoms with van der Waals surface area (Å²) in [5.74, 6) is -1.87. The summed E-state index contributed by atoms with van der Waals surface area (Å²) in [5.41, 5.74) is -2.92. The molecule has 0 radical (unpaired) electrons. The molecule has 1 aromatic carbocycles. The number of methoxy groups -OCH3 is 1. The molecule has 35 heavy (non-hydrogen) atoms. The number of benzene rings is 1. The van der Waals surface area contributed by atoms with Gasteiger partial charge >= 0.3 is 0 Å². The summed E-state index contributed by atoms with van der Waals surface area (Å²) < 4.78 is 17.8. The van der Waals surface area contributed by atoms with E-state index in [1.165, 1.54) is 38.5 Å². The van der Waals surface area contributed by atoms with Gasteiger partial charge in [0.15, 0.2) is 10.8 Å². The fraction of sp³-hybridized carbons (Fsp3) is 0.643. The molecule has 3 rings (SSSR count). The molecular formula is C28H36N4O3. The molecule has 4 unspecified atom stereocenters. The van der Waals surface area contributed by atoms with E-state index in [1.54, 1.807) is 38.3 Å². The molecule has 0 amide bonds. The van der Waals surface area contributed by atoms with Crippen molar-refractivity contribution in [3.05, 3.63) is 29.8 Å². The quantitative estimate of drug-likeness (QED) is 0.350. The predicted molar refractivity (Wildman–Crippen MR) is 131 cm³/mol. The van der Waals surface area contributed by atoms with Gasteiger partial charge in [-0.05, 0) is 30.7 Å². The van der Waals surface area contributed by atoms with E-state index in [0.29, 0.717) is 17.7 Å². The van der Waals surface area contributed by atoms with Crippen molar-refractivity contribution in [1.82, 2.24) is 0 Å². The Morgan fingerprint density at radius 3 is 2.00 bits per heavy atom. The number of rotatable bonds is 12. The maximum Gasteiger partial charge on any atom is 0.243 e. The molecule has 7 nitrogen and oxygen atoms in total. The molecule has 1 aromatic rings. The van der Waals surface area contributed by atoms with Crippen molar-refractivity contribution in [2.45, 2.75) is 89.9 Å². The van der Waals surface area contributed by atoms with Gasteiger partial charge in [0.1, 0.15) is 5.75 Å². The first-order chi connectivity index (χ1) is 16.9. The van der Waals surface area contributed by atoms with Gasteiger partial charge in [-0.25, -0.2) is 0 Å². The number of hydrogen-bond donors (Lipinski definition) is 1. The fourth-order valence-corrected chi connectivity index (χ4v) is 5.70. The molecule has 2 bridgehead atoms. The highest BCUT2D eigenvalue weighted by Crippen LogP contribution is 2.66. The molecule has 0 aromatic heterocycles. The zero-order valence-corrected chi connectivity index (χ0v) is 21.1. The topological polar surface area (TPSA) is 123 Å². The van der Waals surface area contributed by atoms with Gasteiger partial charge in [0.25, 0.3) is 0 Å². The van der Waals surface area contributed by atoms with Gasteiger partial charge in [0.2, 0.25) is 11.7 Å². The molecule has 1 N–H and O–H groups in total. The second-order valence-electron chi connectivity index (χ2n) is 9.72. The van der Waals surface area contributed by atoms with Crippen LogP contribution in [0.15, 0.2) is 24.3 Å². The molecule has 0 saturated carbocycles. The van der Waals surface area contributed by atoms with Crippen LogP contribution in [0.1, 0.15) is 83.6 Å². The molecule has 186 valence electrons. The second kappa shape index (κ2) is 11.1. The molecular weight excluding hydrogens is 440 g/mol. The van der Waals surface area contributed by atoms with Crippen LogP contribution in [0, 0.1) is 56.2 Å². The van der Waals surface area contributed by atoms with E-state index in [4.69, 9.17) is 19.6 Å². The van der Waals surface area contributed by atoms with Crippen molar-refractivity contribution < 1.29 is 14.2 Å². The third-order valence-electron chi connectivity index (χ3n) is 7.85. The lowest BCUT2D eigenvalue weighted by Crippen LogP contribution is -2.60. The maximum absolute atomic E-state index is 10.3. The first-order valence-corrected chi connectivity index (χ1v) is 12.8. The highest BCUT2D eigenvalue weighted by molar-refractivity contribution is 5.89. The van der Waals surface area contributed by atoms with Gasteiger partial charge < -0.3 is 14.2 Å². The molecule has 0 spiro atoms. The third kappa shape index (κ3) is 4.26. The Morgan fingerprint density at radius 2 is 1.49 bits per heavy atom. The minimum atomic E-state index is -1.83. The summed E-state index contributed by atoms with van der Waals surface area (Å²) in [6.45, 7) is 3.94. The van der Waals surface area contributed by atoms with Crippen LogP contribution in [0.2, 0.25) is 0 Å². The Labute approximate surface area is 209 Å². The lowest BCUT2D eigenvalue weighted by atomic mass is 9.53. The van der Waals surface area contributed by atoms with Crippen LogP contribution < -0.4 is 4.74 Å². The largest absolute Gasteiger partial charge is 0.497 e. The predicted octanol–water partition coefficient (Wildman–Crippen LogP) is 6.35. The van der Waals surface area contributed by atoms with Crippen LogP contribution in [0.3, 0.4) is 0 Å². The molecule has 2 fully saturated rings. The van der Waals surface area contributed by atoms with Gasteiger partial charge in [-0.1, -0.05) is 71.6 Å². The second-order valence-corrected chi connectivity index (χ2v) is 9.72. The Kier molecular flexibility index (Phi) is 8.42. The first kappa shape index (κ1) is 26.5. The van der Waals surface area contributed by atoms with E-state index in [9.17, 15) is 15.8 Å². The van der Waals surface area contributed by atoms with Crippen LogP contribution in [-0.2, 0) is 15.3 Å². The average Bonchev–Trinajstić information content (AvgIpc) is 3.04. The monoisotopic (exact) mass is 476 g/mol. The number of ether oxygens (including phenoxy) is 3. The number of nitrogens with one attached hydrogen (secondary N) is 1. The molecule has 2 saturated heterocycles. The van der Waals surface area contributed by atoms with Gasteiger partial charge in [-0.2, -0.15) is 15.8 Å². The van der Waals surface area contributed by atoms with Crippen LogP contribution in [-0.4, -0.2) is 19.1 Å². The Morgan fingerprint density at radius 1 is 0.914 bits per heavy atom. The minimum Gasteiger partial charge on any atom is -0.497 e. The smallest absolute Gasteiger partial charge is 0.243 e. The zero-order chi connectivity index (χ0) is 25.5. The summed E-state index contributed by atoms with van der Waals surface area (Å²) in [6, 6.07) is 13.5. The van der Waals surface area contributed by atoms with Crippen molar-refractivity contribution >= 4 is 5.90 Å². The van der Waals surface area contributed by atoms with Gasteiger partial charge in [0, 0.05) is 5.56 Å². The van der Waals surface area contributed by atoms with Gasteiger partial charge in [-0.15, -0.1) is 0 Å². The van der Waals surface area contributed by atoms with E-state index in [0.717, 1.165) is 19.3 Å². The molecule has 4 atom stereocenters. The molecule has 0 aliphatic carbocycles. The van der Waals surface area contributed by atoms with Crippen LogP contribution in [0.25, 0.3) is 0 Å². The van der Waals surface area contributed by atoms with E-state index in [2.05, 4.69) is 25.1 Å². The number of fused-ring (bicyclic) bond motifs is 2. The van der Waals surface area contributed by atoms with E-state index < -0.39 is 28.6 Å². The van der Waals surface area contributed by atoms with Crippen molar-refractivity contribution in [2.75, 3.05) is 7.11 Å². The normalized spacial score (nSPS) is 28.4. The van der Waals surface area contributed by atoms with Crippen molar-refractivity contribution in [2.24, 2.45) is 16.7 Å². The Hall–Kier alpha value is -3.08. The van der Waals surface area contributed by atoms with E-state index >= 15 is 0 Å². The van der Waals surface area contributed by atoms with Gasteiger partial charge in [0.05, 0.1) is 37.3 Å². The number of nitriles is 3. The number of nitrogens with zero attached hydrogens (tertiary/aromatic N) is 3. The lowest BCUT2D eigenvalue weighted by Gasteiger charge is -2.48. The summed E-state index contributed by atoms with van der Waals surface area (Å²) >= 11 is 0. The Balaban J connectivity index is 1.83. The summed E-state index contributed by atoms with van der Waals surface area (Å²) in [6.07, 6.45) is 9.87. The van der Waals surface area contributed by atoms with Crippen LogP contribution in [0.5, 0.6) is 5.75 Å². The first-order valence-electron chi connectivity index (χ1n) is 12.8. The van der Waals surface area contributed by atoms with E-state index in [-0.39, 0.29) is 5.90 Å². The van der Waals surface area contributed by atoms with Crippen molar-refractivity contribution in [3.8, 4) is 24.0 Å². The van der Waals surface area contributed by atoms with Crippen LogP contribution >= 0.6 is 0 Å². The highest BCUT2D eigenvalue weighted by Gasteiger charge is 2.79. The number of unbranched alkanes of at least 4 members (excludes halogenated alkanes) is 8. The maximum atomic E-state index is 10.3. The van der Waals surface area contributed by atoms with Crippen molar-refractivity contribution in [1.29, 1.82) is 21.2 Å². The highest BCUT2D eigenvalue weighted by atomic mass is 16.7. The van der Waals surface area contributed by atoms with Crippen molar-refractivity contribution in [3.63, 3.8) is 0 Å². The number of hydrogen-bond acceptors (Lipinski definition) is 7. The minimum absolute atomic E-state index is 0.374. The average molecular weight is 477 g/mol. The third-order valence-corrected chi connectivity index (χ3v) is 7.85. The molecule has 7 heteroatoms. The summed E-state index contributed by atoms with van der Waals surface area (Å²) in [5, 5.41) is 39.5. The van der Waals surface area contributed by atoms with Crippen LogP contribution in [0.4, 0.5) is 0 Å².